The molecule has 0 fully saturated rings. The van der Waals surface area contributed by atoms with Gasteiger partial charge in [-0.2, -0.15) is 0 Å². The van der Waals surface area contributed by atoms with Crippen molar-refractivity contribution < 1.29 is 9.53 Å². The number of unbranched alkanes of at least 4 members (excludes halogenated alkanes) is 1. The molecule has 0 aromatic heterocycles. The van der Waals surface area contributed by atoms with E-state index in [1.165, 1.54) is 5.57 Å². The van der Waals surface area contributed by atoms with Crippen LogP contribution in [0.25, 0.3) is 0 Å². The molecule has 0 heterocycles. The van der Waals surface area contributed by atoms with Crippen molar-refractivity contribution in [1.29, 1.82) is 0 Å². The van der Waals surface area contributed by atoms with E-state index in [1.54, 1.807) is 6.21 Å². The van der Waals surface area contributed by atoms with Gasteiger partial charge in [0.25, 0.3) is 0 Å². The molecule has 3 heteroatoms. The Bertz CT molecular complexity index is 256. The highest BCUT2D eigenvalue weighted by Crippen LogP contribution is 2.20. The van der Waals surface area contributed by atoms with Gasteiger partial charge in [0, 0.05) is 6.42 Å². The first-order valence-electron chi connectivity index (χ1n) is 5.07. The Morgan fingerprint density at radius 3 is 3.07 bits per heavy atom. The summed E-state index contributed by atoms with van der Waals surface area (Å²) in [4.78, 5) is 15.1. The monoisotopic (exact) mass is 195 g/mol. The van der Waals surface area contributed by atoms with Gasteiger partial charge in [-0.05, 0) is 25.6 Å². The van der Waals surface area contributed by atoms with Gasteiger partial charge < -0.3 is 4.74 Å². The number of carbonyl (C=O) groups is 1. The number of rotatable bonds is 5. The number of hydrogen-bond donors (Lipinski definition) is 0. The molecule has 14 heavy (non-hydrogen) atoms. The van der Waals surface area contributed by atoms with Crippen molar-refractivity contribution in [3.8, 4) is 0 Å². The van der Waals surface area contributed by atoms with E-state index in [9.17, 15) is 4.79 Å². The summed E-state index contributed by atoms with van der Waals surface area (Å²) in [5.74, 6) is -0.230. The SMILES string of the molecule is CCCC=NCC(=O)OC1C=C(C)C1. The zero-order chi connectivity index (χ0) is 10.4. The molecule has 0 aromatic rings. The van der Waals surface area contributed by atoms with Crippen LogP contribution in [0.4, 0.5) is 0 Å². The molecule has 78 valence electrons. The van der Waals surface area contributed by atoms with E-state index in [1.807, 2.05) is 13.0 Å². The van der Waals surface area contributed by atoms with Crippen LogP contribution in [0.3, 0.4) is 0 Å². The second kappa shape index (κ2) is 5.58. The first kappa shape index (κ1) is 11.0. The van der Waals surface area contributed by atoms with Crippen molar-refractivity contribution in [2.24, 2.45) is 4.99 Å². The smallest absolute Gasteiger partial charge is 0.328 e. The second-order valence-corrected chi connectivity index (χ2v) is 3.56. The molecule has 0 radical (unpaired) electrons. The van der Waals surface area contributed by atoms with Crippen molar-refractivity contribution >= 4 is 12.2 Å². The molecular weight excluding hydrogens is 178 g/mol. The fourth-order valence-corrected chi connectivity index (χ4v) is 1.24. The molecule has 0 aromatic carbocycles. The largest absolute Gasteiger partial charge is 0.456 e. The lowest BCUT2D eigenvalue weighted by Crippen LogP contribution is -2.23. The van der Waals surface area contributed by atoms with Crippen LogP contribution in [0.5, 0.6) is 0 Å². The Morgan fingerprint density at radius 1 is 1.79 bits per heavy atom. The first-order chi connectivity index (χ1) is 6.72. The van der Waals surface area contributed by atoms with Gasteiger partial charge in [0.1, 0.15) is 12.6 Å². The highest BCUT2D eigenvalue weighted by Gasteiger charge is 2.19. The number of esters is 1. The van der Waals surface area contributed by atoms with Crippen molar-refractivity contribution in [3.63, 3.8) is 0 Å². The summed E-state index contributed by atoms with van der Waals surface area (Å²) in [6.07, 6.45) is 6.61. The fourth-order valence-electron chi connectivity index (χ4n) is 1.24. The molecule has 0 spiro atoms. The van der Waals surface area contributed by atoms with E-state index in [4.69, 9.17) is 4.74 Å². The van der Waals surface area contributed by atoms with E-state index in [-0.39, 0.29) is 18.6 Å². The molecule has 1 aliphatic carbocycles. The van der Waals surface area contributed by atoms with Gasteiger partial charge in [-0.1, -0.05) is 18.9 Å². The Kier molecular flexibility index (Phi) is 4.36. The summed E-state index contributed by atoms with van der Waals surface area (Å²) < 4.78 is 5.11. The molecule has 1 aliphatic rings. The lowest BCUT2D eigenvalue weighted by atomic mass is 9.98. The lowest BCUT2D eigenvalue weighted by molar-refractivity contribution is -0.145. The molecule has 0 aliphatic heterocycles. The first-order valence-corrected chi connectivity index (χ1v) is 5.07. The van der Waals surface area contributed by atoms with Crippen LogP contribution in [0.2, 0.25) is 0 Å². The third kappa shape index (κ3) is 3.73. The minimum Gasteiger partial charge on any atom is -0.456 e. The van der Waals surface area contributed by atoms with E-state index >= 15 is 0 Å². The fraction of sp³-hybridized carbons (Fsp3) is 0.636. The molecule has 1 unspecified atom stereocenters. The van der Waals surface area contributed by atoms with Crippen LogP contribution in [0.1, 0.15) is 33.1 Å². The van der Waals surface area contributed by atoms with E-state index < -0.39 is 0 Å². The van der Waals surface area contributed by atoms with Crippen molar-refractivity contribution in [3.05, 3.63) is 11.6 Å². The maximum Gasteiger partial charge on any atom is 0.328 e. The summed E-state index contributed by atoms with van der Waals surface area (Å²) in [5.41, 5.74) is 1.29. The van der Waals surface area contributed by atoms with Crippen LogP contribution in [0, 0.1) is 0 Å². The highest BCUT2D eigenvalue weighted by molar-refractivity contribution is 5.74. The number of aliphatic imine (C=N–C) groups is 1. The van der Waals surface area contributed by atoms with Gasteiger partial charge in [0.05, 0.1) is 0 Å². The summed E-state index contributed by atoms with van der Waals surface area (Å²) in [6, 6.07) is 0. The van der Waals surface area contributed by atoms with E-state index in [0.29, 0.717) is 0 Å². The van der Waals surface area contributed by atoms with Crippen LogP contribution < -0.4 is 0 Å². The molecular formula is C11H17NO2. The van der Waals surface area contributed by atoms with Gasteiger partial charge in [-0.15, -0.1) is 0 Å². The Hall–Kier alpha value is -1.12. The maximum atomic E-state index is 11.2. The summed E-state index contributed by atoms with van der Waals surface area (Å²) in [7, 11) is 0. The third-order valence-corrected chi connectivity index (χ3v) is 2.04. The third-order valence-electron chi connectivity index (χ3n) is 2.04. The molecule has 0 saturated carbocycles. The summed E-state index contributed by atoms with van der Waals surface area (Å²) in [5, 5.41) is 0. The Morgan fingerprint density at radius 2 is 2.50 bits per heavy atom. The predicted molar refractivity (Wildman–Crippen MR) is 56.5 cm³/mol. The van der Waals surface area contributed by atoms with Crippen LogP contribution in [-0.4, -0.2) is 24.8 Å². The Labute approximate surface area is 84.9 Å². The molecule has 3 nitrogen and oxygen atoms in total. The zero-order valence-corrected chi connectivity index (χ0v) is 8.82. The molecule has 0 N–H and O–H groups in total. The normalized spacial score (nSPS) is 20.4. The van der Waals surface area contributed by atoms with Gasteiger partial charge in [-0.25, -0.2) is 0 Å². The number of carbonyl (C=O) groups excluding carboxylic acids is 1. The molecule has 1 rings (SSSR count). The van der Waals surface area contributed by atoms with Crippen LogP contribution in [-0.2, 0) is 9.53 Å². The van der Waals surface area contributed by atoms with Crippen LogP contribution >= 0.6 is 0 Å². The Balaban J connectivity index is 2.11. The number of ether oxygens (including phenoxy) is 1. The van der Waals surface area contributed by atoms with E-state index in [0.717, 1.165) is 19.3 Å². The summed E-state index contributed by atoms with van der Waals surface area (Å²) >= 11 is 0. The zero-order valence-electron chi connectivity index (χ0n) is 8.82. The molecule has 0 amide bonds. The predicted octanol–water partition coefficient (Wildman–Crippen LogP) is 2.12. The highest BCUT2D eigenvalue weighted by atomic mass is 16.5. The number of nitrogens with zero attached hydrogens (tertiary/aromatic N) is 1. The van der Waals surface area contributed by atoms with Crippen molar-refractivity contribution in [2.45, 2.75) is 39.2 Å². The van der Waals surface area contributed by atoms with Gasteiger partial charge in [0.2, 0.25) is 0 Å². The summed E-state index contributed by atoms with van der Waals surface area (Å²) in [6.45, 7) is 4.26. The quantitative estimate of drug-likeness (QED) is 0.383. The second-order valence-electron chi connectivity index (χ2n) is 3.56. The minimum atomic E-state index is -0.230. The van der Waals surface area contributed by atoms with Gasteiger partial charge >= 0.3 is 5.97 Å². The van der Waals surface area contributed by atoms with Crippen LogP contribution in [0.15, 0.2) is 16.6 Å². The molecule has 0 saturated heterocycles. The standard InChI is InChI=1S/C11H17NO2/c1-3-4-5-12-8-11(13)14-10-6-9(2)7-10/h5-6,10H,3-4,7-8H2,1-2H3. The van der Waals surface area contributed by atoms with Crippen molar-refractivity contribution in [1.82, 2.24) is 0 Å². The lowest BCUT2D eigenvalue weighted by Gasteiger charge is -2.22. The van der Waals surface area contributed by atoms with Gasteiger partial charge in [-0.3, -0.25) is 9.79 Å². The van der Waals surface area contributed by atoms with Crippen molar-refractivity contribution in [2.75, 3.05) is 6.54 Å². The van der Waals surface area contributed by atoms with E-state index in [2.05, 4.69) is 11.9 Å². The minimum absolute atomic E-state index is 0.00359. The molecule has 1 atom stereocenters. The maximum absolute atomic E-state index is 11.2. The topological polar surface area (TPSA) is 38.7 Å². The average Bonchev–Trinajstić information content (AvgIpc) is 2.10. The van der Waals surface area contributed by atoms with Gasteiger partial charge in [0.15, 0.2) is 0 Å². The molecule has 0 bridgehead atoms. The number of hydrogen-bond acceptors (Lipinski definition) is 3. The average molecular weight is 195 g/mol.